The van der Waals surface area contributed by atoms with Crippen LogP contribution in [0.5, 0.6) is 5.75 Å². The van der Waals surface area contributed by atoms with Gasteiger partial charge in [0, 0.05) is 19.2 Å². The van der Waals surface area contributed by atoms with Crippen LogP contribution >= 0.6 is 0 Å². The van der Waals surface area contributed by atoms with E-state index in [-0.39, 0.29) is 24.2 Å². The zero-order chi connectivity index (χ0) is 17.9. The van der Waals surface area contributed by atoms with Crippen LogP contribution in [0.1, 0.15) is 44.0 Å². The van der Waals surface area contributed by atoms with Gasteiger partial charge in [0.1, 0.15) is 11.8 Å². The van der Waals surface area contributed by atoms with Gasteiger partial charge in [-0.05, 0) is 38.5 Å². The van der Waals surface area contributed by atoms with Crippen LogP contribution in [0.15, 0.2) is 18.2 Å². The number of benzene rings is 1. The minimum Gasteiger partial charge on any atom is -0.482 e. The SMILES string of the molecule is CCCCN(C)C(=O)C(C)N1C(=O)COc2ccc(C(C)=O)cc21. The molecule has 0 spiro atoms. The van der Waals surface area contributed by atoms with Gasteiger partial charge >= 0.3 is 0 Å². The summed E-state index contributed by atoms with van der Waals surface area (Å²) in [6.45, 7) is 5.77. The van der Waals surface area contributed by atoms with Crippen molar-refractivity contribution in [2.45, 2.75) is 39.7 Å². The van der Waals surface area contributed by atoms with Gasteiger partial charge in [0.25, 0.3) is 5.91 Å². The molecule has 0 aromatic heterocycles. The molecule has 0 saturated carbocycles. The molecule has 0 N–H and O–H groups in total. The highest BCUT2D eigenvalue weighted by atomic mass is 16.5. The Morgan fingerprint density at radius 3 is 2.71 bits per heavy atom. The zero-order valence-electron chi connectivity index (χ0n) is 14.7. The number of ether oxygens (including phenoxy) is 1. The molecule has 2 rings (SSSR count). The third kappa shape index (κ3) is 3.58. The third-order valence-electron chi connectivity index (χ3n) is 4.21. The van der Waals surface area contributed by atoms with Crippen molar-refractivity contribution in [2.75, 3.05) is 25.1 Å². The second-order valence-corrected chi connectivity index (χ2v) is 6.08. The van der Waals surface area contributed by atoms with Crippen molar-refractivity contribution in [3.63, 3.8) is 0 Å². The smallest absolute Gasteiger partial charge is 0.265 e. The van der Waals surface area contributed by atoms with E-state index in [1.807, 2.05) is 0 Å². The molecule has 1 aliphatic heterocycles. The summed E-state index contributed by atoms with van der Waals surface area (Å²) in [6.07, 6.45) is 1.91. The highest BCUT2D eigenvalue weighted by Gasteiger charge is 2.34. The zero-order valence-corrected chi connectivity index (χ0v) is 14.7. The topological polar surface area (TPSA) is 66.9 Å². The molecule has 1 aliphatic rings. The van der Waals surface area contributed by atoms with Gasteiger partial charge in [0.15, 0.2) is 12.4 Å². The number of Topliss-reactive ketones (excluding diaryl/α,β-unsaturated/α-hetero) is 1. The minimum absolute atomic E-state index is 0.102. The standard InChI is InChI=1S/C18H24N2O4/c1-5-6-9-19(4)18(23)12(2)20-15-10-14(13(3)21)7-8-16(15)24-11-17(20)22/h7-8,10,12H,5-6,9,11H2,1-4H3. The quantitative estimate of drug-likeness (QED) is 0.750. The Balaban J connectivity index is 2.32. The summed E-state index contributed by atoms with van der Waals surface area (Å²) < 4.78 is 5.43. The van der Waals surface area contributed by atoms with E-state index in [1.165, 1.54) is 11.8 Å². The second kappa shape index (κ2) is 7.47. The molecule has 1 aromatic carbocycles. The maximum absolute atomic E-state index is 12.6. The summed E-state index contributed by atoms with van der Waals surface area (Å²) in [4.78, 5) is 39.7. The van der Waals surface area contributed by atoms with E-state index in [0.29, 0.717) is 23.5 Å². The third-order valence-corrected chi connectivity index (χ3v) is 4.21. The van der Waals surface area contributed by atoms with Crippen molar-refractivity contribution in [1.82, 2.24) is 4.90 Å². The Morgan fingerprint density at radius 1 is 1.38 bits per heavy atom. The van der Waals surface area contributed by atoms with Crippen molar-refractivity contribution in [3.05, 3.63) is 23.8 Å². The van der Waals surface area contributed by atoms with Gasteiger partial charge in [-0.25, -0.2) is 0 Å². The van der Waals surface area contributed by atoms with Crippen LogP contribution in [0, 0.1) is 0 Å². The molecule has 6 nitrogen and oxygen atoms in total. The number of fused-ring (bicyclic) bond motifs is 1. The van der Waals surface area contributed by atoms with Gasteiger partial charge in [-0.3, -0.25) is 19.3 Å². The van der Waals surface area contributed by atoms with Gasteiger partial charge < -0.3 is 9.64 Å². The number of nitrogens with zero attached hydrogens (tertiary/aromatic N) is 2. The molecule has 0 radical (unpaired) electrons. The van der Waals surface area contributed by atoms with E-state index in [0.717, 1.165) is 12.8 Å². The molecule has 24 heavy (non-hydrogen) atoms. The lowest BCUT2D eigenvalue weighted by Crippen LogP contribution is -2.52. The Kier molecular flexibility index (Phi) is 5.59. The van der Waals surface area contributed by atoms with Crippen LogP contribution in [-0.4, -0.2) is 48.7 Å². The molecule has 0 aliphatic carbocycles. The average molecular weight is 332 g/mol. The number of amides is 2. The molecule has 1 unspecified atom stereocenters. The molecule has 0 saturated heterocycles. The summed E-state index contributed by atoms with van der Waals surface area (Å²) in [7, 11) is 1.74. The molecule has 2 amide bonds. The molecular formula is C18H24N2O4. The fraction of sp³-hybridized carbons (Fsp3) is 0.500. The first-order valence-electron chi connectivity index (χ1n) is 8.21. The number of carbonyl (C=O) groups excluding carboxylic acids is 3. The Labute approximate surface area is 142 Å². The predicted octanol–water partition coefficient (Wildman–Crippen LogP) is 2.26. The van der Waals surface area contributed by atoms with Crippen LogP contribution in [-0.2, 0) is 9.59 Å². The van der Waals surface area contributed by atoms with Gasteiger partial charge in [0.2, 0.25) is 5.91 Å². The van der Waals surface area contributed by atoms with Crippen LogP contribution in [0.2, 0.25) is 0 Å². The van der Waals surface area contributed by atoms with E-state index < -0.39 is 6.04 Å². The minimum atomic E-state index is -0.649. The number of anilines is 1. The lowest BCUT2D eigenvalue weighted by atomic mass is 10.1. The lowest BCUT2D eigenvalue weighted by Gasteiger charge is -2.35. The highest BCUT2D eigenvalue weighted by Crippen LogP contribution is 2.34. The van der Waals surface area contributed by atoms with Gasteiger partial charge in [-0.2, -0.15) is 0 Å². The molecule has 0 bridgehead atoms. The van der Waals surface area contributed by atoms with E-state index in [9.17, 15) is 14.4 Å². The normalized spacial score (nSPS) is 14.7. The molecular weight excluding hydrogens is 308 g/mol. The molecule has 1 heterocycles. The van der Waals surface area contributed by atoms with Crippen molar-refractivity contribution in [2.24, 2.45) is 0 Å². The predicted molar refractivity (Wildman–Crippen MR) is 91.4 cm³/mol. The first kappa shape index (κ1) is 18.0. The van der Waals surface area contributed by atoms with Crippen molar-refractivity contribution in [1.29, 1.82) is 0 Å². The van der Waals surface area contributed by atoms with Crippen molar-refractivity contribution < 1.29 is 19.1 Å². The number of hydrogen-bond donors (Lipinski definition) is 0. The van der Waals surface area contributed by atoms with E-state index >= 15 is 0 Å². The van der Waals surface area contributed by atoms with Crippen molar-refractivity contribution in [3.8, 4) is 5.75 Å². The van der Waals surface area contributed by atoms with Crippen molar-refractivity contribution >= 4 is 23.3 Å². The van der Waals surface area contributed by atoms with E-state index in [2.05, 4.69) is 6.92 Å². The summed E-state index contributed by atoms with van der Waals surface area (Å²) in [5.41, 5.74) is 0.958. The van der Waals surface area contributed by atoms with Crippen LogP contribution in [0.25, 0.3) is 0 Å². The largest absolute Gasteiger partial charge is 0.482 e. The number of likely N-dealkylation sites (N-methyl/N-ethyl adjacent to an activating group) is 1. The molecule has 6 heteroatoms. The average Bonchev–Trinajstić information content (AvgIpc) is 2.57. The summed E-state index contributed by atoms with van der Waals surface area (Å²) >= 11 is 0. The number of carbonyl (C=O) groups is 3. The van der Waals surface area contributed by atoms with Crippen LogP contribution in [0.4, 0.5) is 5.69 Å². The fourth-order valence-corrected chi connectivity index (χ4v) is 2.75. The Bertz CT molecular complexity index is 656. The number of hydrogen-bond acceptors (Lipinski definition) is 4. The summed E-state index contributed by atoms with van der Waals surface area (Å²) in [5.74, 6) is -0.00361. The first-order valence-corrected chi connectivity index (χ1v) is 8.21. The van der Waals surface area contributed by atoms with Gasteiger partial charge in [-0.15, -0.1) is 0 Å². The number of rotatable bonds is 6. The monoisotopic (exact) mass is 332 g/mol. The molecule has 1 aromatic rings. The fourth-order valence-electron chi connectivity index (χ4n) is 2.75. The maximum Gasteiger partial charge on any atom is 0.265 e. The number of unbranched alkanes of at least 4 members (excludes halogenated alkanes) is 1. The molecule has 0 fully saturated rings. The van der Waals surface area contributed by atoms with Gasteiger partial charge in [-0.1, -0.05) is 13.3 Å². The van der Waals surface area contributed by atoms with E-state index in [1.54, 1.807) is 37.1 Å². The van der Waals surface area contributed by atoms with Gasteiger partial charge in [0.05, 0.1) is 5.69 Å². The molecule has 1 atom stereocenters. The Hall–Kier alpha value is -2.37. The Morgan fingerprint density at radius 2 is 2.08 bits per heavy atom. The molecule has 130 valence electrons. The summed E-state index contributed by atoms with van der Waals surface area (Å²) in [6, 6.07) is 4.30. The maximum atomic E-state index is 12.6. The van der Waals surface area contributed by atoms with Crippen LogP contribution in [0.3, 0.4) is 0 Å². The summed E-state index contributed by atoms with van der Waals surface area (Å²) in [5, 5.41) is 0. The lowest BCUT2D eigenvalue weighted by molar-refractivity contribution is -0.133. The highest BCUT2D eigenvalue weighted by molar-refractivity contribution is 6.05. The first-order chi connectivity index (χ1) is 11.4. The number of ketones is 1. The van der Waals surface area contributed by atoms with E-state index in [4.69, 9.17) is 4.74 Å². The second-order valence-electron chi connectivity index (χ2n) is 6.08. The van der Waals surface area contributed by atoms with Crippen LogP contribution < -0.4 is 9.64 Å².